The maximum atomic E-state index is 13.3. The number of Topliss-reactive ketones (excluding diaryl/α,β-unsaturated/α-hetero) is 2. The van der Waals surface area contributed by atoms with Gasteiger partial charge in [0.05, 0.1) is 5.60 Å². The second kappa shape index (κ2) is 12.7. The Labute approximate surface area is 257 Å². The summed E-state index contributed by atoms with van der Waals surface area (Å²) >= 11 is 0. The van der Waals surface area contributed by atoms with E-state index in [1.54, 1.807) is 19.9 Å². The highest BCUT2D eigenvalue weighted by Gasteiger charge is 2.88. The molecule has 0 spiro atoms. The Bertz CT molecular complexity index is 1120. The molecule has 0 bridgehead atoms. The van der Waals surface area contributed by atoms with Crippen LogP contribution >= 0.6 is 0 Å². The van der Waals surface area contributed by atoms with Crippen LogP contribution in [0.2, 0.25) is 0 Å². The molecule has 0 heterocycles. The average molecular weight is 603 g/mol. The Morgan fingerprint density at radius 3 is 2.07 bits per heavy atom. The number of fused-ring (bicyclic) bond motifs is 5. The second-order valence-electron chi connectivity index (χ2n) is 14.6. The van der Waals surface area contributed by atoms with E-state index in [-0.39, 0.29) is 25.0 Å². The van der Waals surface area contributed by atoms with Gasteiger partial charge in [-0.25, -0.2) is 0 Å². The first kappa shape index (κ1) is 33.8. The van der Waals surface area contributed by atoms with Gasteiger partial charge in [0.1, 0.15) is 17.5 Å². The van der Waals surface area contributed by atoms with Crippen LogP contribution in [-0.4, -0.2) is 56.6 Å². The van der Waals surface area contributed by atoms with Crippen LogP contribution in [0.5, 0.6) is 0 Å². The fourth-order valence-electron chi connectivity index (χ4n) is 9.24. The Hall–Kier alpha value is -2.06. The van der Waals surface area contributed by atoms with Crippen LogP contribution in [0.1, 0.15) is 131 Å². The summed E-state index contributed by atoms with van der Waals surface area (Å²) in [5.41, 5.74) is -5.42. The number of carbonyl (C=O) groups excluding carboxylic acids is 4. The molecule has 3 saturated carbocycles. The lowest BCUT2D eigenvalue weighted by Gasteiger charge is -2.53. The number of aliphatic hydroxyl groups is 2. The van der Waals surface area contributed by atoms with Gasteiger partial charge in [-0.2, -0.15) is 0 Å². The minimum absolute atomic E-state index is 0.0592. The van der Waals surface area contributed by atoms with Crippen molar-refractivity contribution in [3.63, 3.8) is 0 Å². The van der Waals surface area contributed by atoms with Crippen molar-refractivity contribution >= 4 is 23.5 Å². The van der Waals surface area contributed by atoms with Crippen molar-refractivity contribution in [2.45, 2.75) is 154 Å². The van der Waals surface area contributed by atoms with Crippen molar-refractivity contribution in [3.8, 4) is 0 Å². The van der Waals surface area contributed by atoms with Crippen molar-refractivity contribution < 1.29 is 38.9 Å². The number of hydrogen-bond acceptors (Lipinski definition) is 8. The fourth-order valence-corrected chi connectivity index (χ4v) is 9.24. The minimum Gasteiger partial charge on any atom is -0.458 e. The molecule has 3 fully saturated rings. The third-order valence-electron chi connectivity index (χ3n) is 11.4. The lowest BCUT2D eigenvalue weighted by molar-refractivity contribution is -0.232. The van der Waals surface area contributed by atoms with Gasteiger partial charge in [0.25, 0.3) is 0 Å². The van der Waals surface area contributed by atoms with Crippen LogP contribution in [0.4, 0.5) is 0 Å². The third kappa shape index (κ3) is 5.76. The number of ether oxygens (including phenoxy) is 2. The topological polar surface area (TPSA) is 127 Å². The summed E-state index contributed by atoms with van der Waals surface area (Å²) in [7, 11) is 0. The molecule has 2 N–H and O–H groups in total. The molecule has 0 unspecified atom stereocenters. The van der Waals surface area contributed by atoms with E-state index >= 15 is 0 Å². The molecule has 0 amide bonds. The summed E-state index contributed by atoms with van der Waals surface area (Å²) < 4.78 is 12.2. The van der Waals surface area contributed by atoms with E-state index in [0.717, 1.165) is 19.3 Å². The molecule has 4 aliphatic carbocycles. The van der Waals surface area contributed by atoms with Crippen molar-refractivity contribution in [1.82, 2.24) is 0 Å². The fraction of sp³-hybridized carbons (Fsp3) is 0.829. The molecule has 4 rings (SSSR count). The van der Waals surface area contributed by atoms with Crippen molar-refractivity contribution in [2.75, 3.05) is 0 Å². The number of ketones is 2. The molecule has 4 aliphatic rings. The molecule has 242 valence electrons. The zero-order chi connectivity index (χ0) is 31.8. The van der Waals surface area contributed by atoms with Crippen LogP contribution in [0.3, 0.4) is 0 Å². The van der Waals surface area contributed by atoms with Gasteiger partial charge in [-0.3, -0.25) is 19.2 Å². The molecule has 8 heteroatoms. The predicted molar refractivity (Wildman–Crippen MR) is 162 cm³/mol. The van der Waals surface area contributed by atoms with E-state index in [9.17, 15) is 29.4 Å². The van der Waals surface area contributed by atoms with E-state index < -0.39 is 69.7 Å². The molecular weight excluding hydrogens is 548 g/mol. The second-order valence-corrected chi connectivity index (χ2v) is 14.6. The maximum Gasteiger partial charge on any atom is 0.306 e. The van der Waals surface area contributed by atoms with Gasteiger partial charge in [-0.1, -0.05) is 98.0 Å². The lowest BCUT2D eigenvalue weighted by Crippen LogP contribution is -2.66. The van der Waals surface area contributed by atoms with Crippen LogP contribution < -0.4 is 0 Å². The van der Waals surface area contributed by atoms with E-state index in [1.165, 1.54) is 51.9 Å². The Kier molecular flexibility index (Phi) is 10.0. The number of hydrogen-bond donors (Lipinski definition) is 2. The maximum absolute atomic E-state index is 13.3. The summed E-state index contributed by atoms with van der Waals surface area (Å²) in [6, 6.07) is 0. The first-order chi connectivity index (χ1) is 20.2. The zero-order valence-corrected chi connectivity index (χ0v) is 27.2. The van der Waals surface area contributed by atoms with Crippen molar-refractivity contribution in [1.29, 1.82) is 0 Å². The first-order valence-corrected chi connectivity index (χ1v) is 16.8. The monoisotopic (exact) mass is 602 g/mol. The van der Waals surface area contributed by atoms with Gasteiger partial charge in [0.15, 0.2) is 11.4 Å². The minimum atomic E-state index is -2.05. The largest absolute Gasteiger partial charge is 0.458 e. The lowest BCUT2D eigenvalue weighted by atomic mass is 9.58. The van der Waals surface area contributed by atoms with Crippen LogP contribution in [0.25, 0.3) is 0 Å². The SMILES string of the molecule is CCCCCCCCCCCCCC(=O)O[C@@H]1[C@@H](C)[C@@]2(O)[C@@H](CC(=O)C[C@]3(O)C(=O)C(C)=C[C@@H]23)[C@@H]2C(C)(C)[C@]12OC(C)=O. The Balaban J connectivity index is 1.48. The van der Waals surface area contributed by atoms with Gasteiger partial charge in [0.2, 0.25) is 0 Å². The zero-order valence-electron chi connectivity index (χ0n) is 27.2. The quantitative estimate of drug-likeness (QED) is 0.189. The van der Waals surface area contributed by atoms with Gasteiger partial charge < -0.3 is 19.7 Å². The highest BCUT2D eigenvalue weighted by atomic mass is 16.6. The first-order valence-electron chi connectivity index (χ1n) is 16.8. The summed E-state index contributed by atoms with van der Waals surface area (Å²) in [4.78, 5) is 52.1. The van der Waals surface area contributed by atoms with Gasteiger partial charge in [-0.05, 0) is 18.9 Å². The molecule has 8 atom stereocenters. The summed E-state index contributed by atoms with van der Waals surface area (Å²) in [6.45, 7) is 10.7. The molecule has 43 heavy (non-hydrogen) atoms. The van der Waals surface area contributed by atoms with Gasteiger partial charge in [0, 0.05) is 55.3 Å². The highest BCUT2D eigenvalue weighted by molar-refractivity contribution is 6.07. The van der Waals surface area contributed by atoms with E-state index in [2.05, 4.69) is 6.92 Å². The molecule has 0 saturated heterocycles. The highest BCUT2D eigenvalue weighted by Crippen LogP contribution is 2.77. The molecule has 0 radical (unpaired) electrons. The average Bonchev–Trinajstić information content (AvgIpc) is 3.35. The molecular formula is C35H54O8. The van der Waals surface area contributed by atoms with Crippen molar-refractivity contribution in [2.24, 2.45) is 29.1 Å². The number of esters is 2. The van der Waals surface area contributed by atoms with Gasteiger partial charge >= 0.3 is 11.9 Å². The predicted octanol–water partition coefficient (Wildman–Crippen LogP) is 5.79. The molecule has 8 nitrogen and oxygen atoms in total. The van der Waals surface area contributed by atoms with Crippen LogP contribution in [0.15, 0.2) is 11.6 Å². The number of unbranched alkanes of at least 4 members (excludes halogenated alkanes) is 10. The molecule has 0 aromatic carbocycles. The Morgan fingerprint density at radius 2 is 1.51 bits per heavy atom. The summed E-state index contributed by atoms with van der Waals surface area (Å²) in [5.74, 6) is -4.88. The van der Waals surface area contributed by atoms with Crippen LogP contribution in [-0.2, 0) is 28.7 Å². The number of carbonyl (C=O) groups is 4. The Morgan fingerprint density at radius 1 is 0.953 bits per heavy atom. The van der Waals surface area contributed by atoms with Crippen molar-refractivity contribution in [3.05, 3.63) is 11.6 Å². The molecule has 0 aromatic heterocycles. The number of rotatable bonds is 14. The third-order valence-corrected chi connectivity index (χ3v) is 11.4. The summed E-state index contributed by atoms with van der Waals surface area (Å²) in [5, 5.41) is 24.2. The normalized spacial score (nSPS) is 37.5. The molecule has 0 aromatic rings. The van der Waals surface area contributed by atoms with E-state index in [1.807, 2.05) is 13.8 Å². The van der Waals surface area contributed by atoms with Gasteiger partial charge in [-0.15, -0.1) is 0 Å². The smallest absolute Gasteiger partial charge is 0.306 e. The standard InChI is InChI=1S/C35H54O8/c1-7-8-9-10-11-12-13-14-15-16-17-18-28(38)42-31-23(3)34(41)26(29-32(5,6)35(29,31)43-24(4)36)20-25(37)21-33(40)27(34)19-22(2)30(33)39/h19,23,26-27,29,31,40-41H,7-18,20-21H2,1-6H3/t23-,26+,27-,29-,31-,33-,34-,35-/m1/s1. The van der Waals surface area contributed by atoms with E-state index in [0.29, 0.717) is 12.0 Å². The van der Waals surface area contributed by atoms with E-state index in [4.69, 9.17) is 9.47 Å². The van der Waals surface area contributed by atoms with Crippen LogP contribution in [0, 0.1) is 29.1 Å². The molecule has 0 aliphatic heterocycles. The summed E-state index contributed by atoms with van der Waals surface area (Å²) in [6.07, 6.45) is 13.1.